The largest absolute Gasteiger partial charge is 0.396 e. The van der Waals surface area contributed by atoms with Gasteiger partial charge in [-0.05, 0) is 18.9 Å². The van der Waals surface area contributed by atoms with Crippen LogP contribution in [0.4, 0.5) is 5.88 Å². The second kappa shape index (κ2) is 7.56. The standard InChI is InChI=1S/C15H19N3O3/c1-11-9-15(21-18-11)17-14(20)10-16-13(7-8-19)12-5-3-2-4-6-12/h2-6,9,13,16,19H,7-8,10H2,1H3,(H,17,20). The maximum Gasteiger partial charge on any atom is 0.240 e. The predicted molar refractivity (Wildman–Crippen MR) is 78.8 cm³/mol. The van der Waals surface area contributed by atoms with Crippen molar-refractivity contribution in [1.29, 1.82) is 0 Å². The summed E-state index contributed by atoms with van der Waals surface area (Å²) in [5.74, 6) is 0.114. The number of benzene rings is 1. The van der Waals surface area contributed by atoms with Crippen LogP contribution in [0.1, 0.15) is 23.7 Å². The Hall–Kier alpha value is -2.18. The number of aliphatic hydroxyl groups excluding tert-OH is 1. The fraction of sp³-hybridized carbons (Fsp3) is 0.333. The third kappa shape index (κ3) is 4.70. The van der Waals surface area contributed by atoms with Gasteiger partial charge in [-0.15, -0.1) is 0 Å². The Morgan fingerprint density at radius 3 is 2.76 bits per heavy atom. The Morgan fingerprint density at radius 1 is 1.38 bits per heavy atom. The number of amides is 1. The third-order valence-electron chi connectivity index (χ3n) is 3.02. The zero-order valence-electron chi connectivity index (χ0n) is 11.9. The molecule has 0 saturated carbocycles. The average Bonchev–Trinajstić information content (AvgIpc) is 2.89. The van der Waals surface area contributed by atoms with Crippen molar-refractivity contribution in [3.8, 4) is 0 Å². The van der Waals surface area contributed by atoms with Gasteiger partial charge >= 0.3 is 0 Å². The predicted octanol–water partition coefficient (Wildman–Crippen LogP) is 1.63. The van der Waals surface area contributed by atoms with Crippen LogP contribution >= 0.6 is 0 Å². The monoisotopic (exact) mass is 289 g/mol. The minimum Gasteiger partial charge on any atom is -0.396 e. The van der Waals surface area contributed by atoms with Gasteiger partial charge in [0.25, 0.3) is 0 Å². The smallest absolute Gasteiger partial charge is 0.240 e. The molecular formula is C15H19N3O3. The highest BCUT2D eigenvalue weighted by molar-refractivity contribution is 5.90. The van der Waals surface area contributed by atoms with Crippen molar-refractivity contribution in [3.63, 3.8) is 0 Å². The summed E-state index contributed by atoms with van der Waals surface area (Å²) in [6.45, 7) is 1.96. The van der Waals surface area contributed by atoms with Crippen LogP contribution in [0, 0.1) is 6.92 Å². The number of hydrogen-bond acceptors (Lipinski definition) is 5. The molecule has 0 radical (unpaired) electrons. The molecule has 1 unspecified atom stereocenters. The lowest BCUT2D eigenvalue weighted by atomic mass is 10.0. The van der Waals surface area contributed by atoms with E-state index in [2.05, 4.69) is 15.8 Å². The van der Waals surface area contributed by atoms with Gasteiger partial charge in [0, 0.05) is 18.7 Å². The molecule has 1 aromatic heterocycles. The van der Waals surface area contributed by atoms with Crippen molar-refractivity contribution < 1.29 is 14.4 Å². The SMILES string of the molecule is Cc1cc(NC(=O)CNC(CCO)c2ccccc2)on1. The van der Waals surface area contributed by atoms with Crippen LogP contribution in [0.25, 0.3) is 0 Å². The van der Waals surface area contributed by atoms with E-state index in [1.807, 2.05) is 30.3 Å². The van der Waals surface area contributed by atoms with Gasteiger partial charge < -0.3 is 14.9 Å². The molecule has 0 aliphatic rings. The van der Waals surface area contributed by atoms with Gasteiger partial charge in [0.05, 0.1) is 12.2 Å². The molecule has 6 heteroatoms. The molecule has 2 rings (SSSR count). The lowest BCUT2D eigenvalue weighted by Crippen LogP contribution is -2.31. The molecule has 0 aliphatic heterocycles. The first-order valence-electron chi connectivity index (χ1n) is 6.81. The molecule has 1 aromatic carbocycles. The molecule has 0 aliphatic carbocycles. The number of carbonyl (C=O) groups is 1. The lowest BCUT2D eigenvalue weighted by Gasteiger charge is -2.17. The molecule has 112 valence electrons. The van der Waals surface area contributed by atoms with E-state index in [0.717, 1.165) is 5.56 Å². The molecule has 1 heterocycles. The van der Waals surface area contributed by atoms with Crippen molar-refractivity contribution in [2.24, 2.45) is 0 Å². The van der Waals surface area contributed by atoms with Gasteiger partial charge in [0.1, 0.15) is 0 Å². The summed E-state index contributed by atoms with van der Waals surface area (Å²) in [5, 5.41) is 18.6. The van der Waals surface area contributed by atoms with Crippen molar-refractivity contribution in [2.75, 3.05) is 18.5 Å². The summed E-state index contributed by atoms with van der Waals surface area (Å²) in [5.41, 5.74) is 1.75. The van der Waals surface area contributed by atoms with Gasteiger partial charge in [-0.1, -0.05) is 35.5 Å². The second-order valence-corrected chi connectivity index (χ2v) is 4.74. The first-order chi connectivity index (χ1) is 10.2. The zero-order valence-corrected chi connectivity index (χ0v) is 11.9. The Labute approximate surface area is 123 Å². The van der Waals surface area contributed by atoms with Gasteiger partial charge in [-0.2, -0.15) is 0 Å². The molecule has 1 amide bonds. The Kier molecular flexibility index (Phi) is 5.48. The molecule has 6 nitrogen and oxygen atoms in total. The van der Waals surface area contributed by atoms with Crippen LogP contribution in [0.15, 0.2) is 40.9 Å². The van der Waals surface area contributed by atoms with Gasteiger partial charge in [-0.25, -0.2) is 0 Å². The van der Waals surface area contributed by atoms with E-state index in [-0.39, 0.29) is 25.1 Å². The second-order valence-electron chi connectivity index (χ2n) is 4.74. The highest BCUT2D eigenvalue weighted by Crippen LogP contribution is 2.15. The number of aromatic nitrogens is 1. The first kappa shape index (κ1) is 15.2. The highest BCUT2D eigenvalue weighted by atomic mass is 16.5. The number of carbonyl (C=O) groups excluding carboxylic acids is 1. The third-order valence-corrected chi connectivity index (χ3v) is 3.02. The van der Waals surface area contributed by atoms with E-state index in [1.54, 1.807) is 13.0 Å². The van der Waals surface area contributed by atoms with Gasteiger partial charge in [-0.3, -0.25) is 10.1 Å². The van der Waals surface area contributed by atoms with Crippen LogP contribution in [0.2, 0.25) is 0 Å². The summed E-state index contributed by atoms with van der Waals surface area (Å²) in [6.07, 6.45) is 0.540. The Morgan fingerprint density at radius 2 is 2.14 bits per heavy atom. The quantitative estimate of drug-likeness (QED) is 0.721. The summed E-state index contributed by atoms with van der Waals surface area (Å²) in [7, 11) is 0. The number of nitrogens with one attached hydrogen (secondary N) is 2. The number of aryl methyl sites for hydroxylation is 1. The van der Waals surface area contributed by atoms with E-state index >= 15 is 0 Å². The van der Waals surface area contributed by atoms with E-state index in [4.69, 9.17) is 9.63 Å². The van der Waals surface area contributed by atoms with Crippen molar-refractivity contribution in [3.05, 3.63) is 47.7 Å². The van der Waals surface area contributed by atoms with E-state index in [9.17, 15) is 4.79 Å². The number of rotatable bonds is 7. The number of nitrogens with zero attached hydrogens (tertiary/aromatic N) is 1. The Bertz CT molecular complexity index is 569. The highest BCUT2D eigenvalue weighted by Gasteiger charge is 2.13. The minimum absolute atomic E-state index is 0.0511. The molecule has 0 saturated heterocycles. The molecule has 0 fully saturated rings. The molecule has 0 spiro atoms. The molecular weight excluding hydrogens is 270 g/mol. The summed E-state index contributed by atoms with van der Waals surface area (Å²) < 4.78 is 4.92. The molecule has 2 aromatic rings. The maximum atomic E-state index is 11.8. The van der Waals surface area contributed by atoms with E-state index in [1.165, 1.54) is 0 Å². The molecule has 0 bridgehead atoms. The Balaban J connectivity index is 1.88. The summed E-state index contributed by atoms with van der Waals surface area (Å²) in [4.78, 5) is 11.8. The van der Waals surface area contributed by atoms with Crippen LogP contribution < -0.4 is 10.6 Å². The fourth-order valence-corrected chi connectivity index (χ4v) is 2.02. The average molecular weight is 289 g/mol. The van der Waals surface area contributed by atoms with Gasteiger partial charge in [0.2, 0.25) is 11.8 Å². The van der Waals surface area contributed by atoms with Gasteiger partial charge in [0.15, 0.2) is 0 Å². The molecule has 3 N–H and O–H groups in total. The van der Waals surface area contributed by atoms with Crippen LogP contribution in [-0.4, -0.2) is 29.3 Å². The van der Waals surface area contributed by atoms with Crippen molar-refractivity contribution in [2.45, 2.75) is 19.4 Å². The van der Waals surface area contributed by atoms with E-state index < -0.39 is 0 Å². The number of aliphatic hydroxyl groups is 1. The fourth-order valence-electron chi connectivity index (χ4n) is 2.02. The summed E-state index contributed by atoms with van der Waals surface area (Å²) in [6, 6.07) is 11.3. The van der Waals surface area contributed by atoms with Crippen molar-refractivity contribution in [1.82, 2.24) is 10.5 Å². The molecule has 21 heavy (non-hydrogen) atoms. The number of hydrogen-bond donors (Lipinski definition) is 3. The summed E-state index contributed by atoms with van der Waals surface area (Å²) >= 11 is 0. The lowest BCUT2D eigenvalue weighted by molar-refractivity contribution is -0.115. The zero-order chi connectivity index (χ0) is 15.1. The topological polar surface area (TPSA) is 87.4 Å². The number of anilines is 1. The first-order valence-corrected chi connectivity index (χ1v) is 6.81. The maximum absolute atomic E-state index is 11.8. The van der Waals surface area contributed by atoms with Crippen molar-refractivity contribution >= 4 is 11.8 Å². The van der Waals surface area contributed by atoms with Crippen LogP contribution in [0.5, 0.6) is 0 Å². The van der Waals surface area contributed by atoms with Crippen LogP contribution in [-0.2, 0) is 4.79 Å². The van der Waals surface area contributed by atoms with E-state index in [0.29, 0.717) is 18.0 Å². The molecule has 1 atom stereocenters. The van der Waals surface area contributed by atoms with Crippen LogP contribution in [0.3, 0.4) is 0 Å². The minimum atomic E-state index is -0.218. The normalized spacial score (nSPS) is 12.1.